The zero-order chi connectivity index (χ0) is 20.3. The summed E-state index contributed by atoms with van der Waals surface area (Å²) in [5, 5.41) is 3.37. The first-order valence-electron chi connectivity index (χ1n) is 8.12. The fraction of sp³-hybridized carbons (Fsp3) is 0.0500. The van der Waals surface area contributed by atoms with Crippen LogP contribution in [0.4, 0.5) is 0 Å². The van der Waals surface area contributed by atoms with Crippen LogP contribution in [0, 0.1) is 0 Å². The highest BCUT2D eigenvalue weighted by atomic mass is 35.5. The molecule has 3 rings (SSSR count). The summed E-state index contributed by atoms with van der Waals surface area (Å²) in [5.41, 5.74) is 0.465. The summed E-state index contributed by atoms with van der Waals surface area (Å²) in [7, 11) is 0. The molecule has 1 aliphatic heterocycles. The van der Waals surface area contributed by atoms with Crippen molar-refractivity contribution in [2.45, 2.75) is 0 Å². The highest BCUT2D eigenvalue weighted by Crippen LogP contribution is 2.34. The first kappa shape index (κ1) is 20.1. The number of para-hydroxylation sites is 1. The van der Waals surface area contributed by atoms with Gasteiger partial charge in [0.05, 0.1) is 5.02 Å². The molecule has 1 heterocycles. The maximum atomic E-state index is 12.7. The van der Waals surface area contributed by atoms with Crippen molar-refractivity contribution in [2.24, 2.45) is 0 Å². The molecular weight excluding hydrogens is 419 g/mol. The van der Waals surface area contributed by atoms with Gasteiger partial charge in [0.2, 0.25) is 0 Å². The van der Waals surface area contributed by atoms with Crippen LogP contribution in [0.2, 0.25) is 10.0 Å². The Balaban J connectivity index is 1.98. The zero-order valence-electron chi connectivity index (χ0n) is 14.4. The Morgan fingerprint density at radius 2 is 1.89 bits per heavy atom. The Morgan fingerprint density at radius 3 is 2.61 bits per heavy atom. The predicted octanol–water partition coefficient (Wildman–Crippen LogP) is 4.60. The van der Waals surface area contributed by atoms with Crippen LogP contribution in [-0.4, -0.2) is 28.4 Å². The van der Waals surface area contributed by atoms with Crippen molar-refractivity contribution in [2.75, 3.05) is 6.54 Å². The average molecular weight is 433 g/mol. The molecule has 2 aromatic rings. The maximum Gasteiger partial charge on any atom is 0.265 e. The van der Waals surface area contributed by atoms with Gasteiger partial charge >= 0.3 is 0 Å². The average Bonchev–Trinajstić information content (AvgIpc) is 2.65. The number of hydrogen-bond acceptors (Lipinski definition) is 4. The van der Waals surface area contributed by atoms with Gasteiger partial charge in [0.1, 0.15) is 17.1 Å². The first-order valence-corrected chi connectivity index (χ1v) is 9.29. The van der Waals surface area contributed by atoms with Crippen molar-refractivity contribution in [3.8, 4) is 11.5 Å². The number of nitrogens with one attached hydrogen (secondary N) is 1. The molecule has 142 valence electrons. The second-order valence-corrected chi connectivity index (χ2v) is 6.97. The van der Waals surface area contributed by atoms with Gasteiger partial charge in [0.25, 0.3) is 11.8 Å². The van der Waals surface area contributed by atoms with Crippen LogP contribution in [0.15, 0.2) is 60.7 Å². The standard InChI is InChI=1S/C20H14Cl2N2O3S/c1-2-9-24-19(26)14(18(25)23-20(24)28)10-12-5-3-4-6-16(12)27-17-8-7-13(21)11-15(17)22/h2-8,10-11H,1,9H2,(H,23,25,28)/b14-10+. The number of rotatable bonds is 5. The lowest BCUT2D eigenvalue weighted by Gasteiger charge is -2.27. The molecule has 0 aromatic heterocycles. The Morgan fingerprint density at radius 1 is 1.14 bits per heavy atom. The first-order chi connectivity index (χ1) is 13.4. The molecule has 0 saturated carbocycles. The van der Waals surface area contributed by atoms with Crippen molar-refractivity contribution < 1.29 is 14.3 Å². The molecule has 28 heavy (non-hydrogen) atoms. The van der Waals surface area contributed by atoms with E-state index in [1.54, 1.807) is 42.5 Å². The summed E-state index contributed by atoms with van der Waals surface area (Å²) in [5.74, 6) is -0.267. The number of amides is 2. The number of nitrogens with zero attached hydrogens (tertiary/aromatic N) is 1. The molecule has 0 unspecified atom stereocenters. The summed E-state index contributed by atoms with van der Waals surface area (Å²) in [6.45, 7) is 3.79. The van der Waals surface area contributed by atoms with Gasteiger partial charge < -0.3 is 4.74 Å². The van der Waals surface area contributed by atoms with Crippen LogP contribution < -0.4 is 10.1 Å². The van der Waals surface area contributed by atoms with Crippen molar-refractivity contribution in [3.05, 3.63) is 76.3 Å². The van der Waals surface area contributed by atoms with Crippen LogP contribution in [0.1, 0.15) is 5.56 Å². The van der Waals surface area contributed by atoms with Crippen molar-refractivity contribution in [3.63, 3.8) is 0 Å². The molecule has 0 aliphatic carbocycles. The lowest BCUT2D eigenvalue weighted by atomic mass is 10.1. The Labute approximate surface area is 177 Å². The third kappa shape index (κ3) is 4.25. The molecule has 2 amide bonds. The molecular formula is C20H14Cl2N2O3S. The molecule has 2 aromatic carbocycles. The molecule has 0 atom stereocenters. The van der Waals surface area contributed by atoms with E-state index in [9.17, 15) is 9.59 Å². The summed E-state index contributed by atoms with van der Waals surface area (Å²) in [6.07, 6.45) is 2.98. The number of carbonyl (C=O) groups is 2. The van der Waals surface area contributed by atoms with Crippen LogP contribution in [0.3, 0.4) is 0 Å². The largest absolute Gasteiger partial charge is 0.455 e. The fourth-order valence-electron chi connectivity index (χ4n) is 2.51. The van der Waals surface area contributed by atoms with Crippen LogP contribution in [0.25, 0.3) is 6.08 Å². The van der Waals surface area contributed by atoms with Gasteiger partial charge in [0.15, 0.2) is 5.11 Å². The molecule has 5 nitrogen and oxygen atoms in total. The van der Waals surface area contributed by atoms with Crippen molar-refractivity contribution >= 4 is 58.4 Å². The fourth-order valence-corrected chi connectivity index (χ4v) is 3.21. The van der Waals surface area contributed by atoms with Gasteiger partial charge in [-0.3, -0.25) is 19.8 Å². The van der Waals surface area contributed by atoms with E-state index in [1.807, 2.05) is 0 Å². The van der Waals surface area contributed by atoms with Gasteiger partial charge in [-0.25, -0.2) is 0 Å². The van der Waals surface area contributed by atoms with Crippen LogP contribution in [-0.2, 0) is 9.59 Å². The van der Waals surface area contributed by atoms with Crippen LogP contribution >= 0.6 is 35.4 Å². The number of hydrogen-bond donors (Lipinski definition) is 1. The molecule has 1 saturated heterocycles. The predicted molar refractivity (Wildman–Crippen MR) is 114 cm³/mol. The van der Waals surface area contributed by atoms with Gasteiger partial charge in [0, 0.05) is 17.1 Å². The number of halogens is 2. The van der Waals surface area contributed by atoms with Crippen molar-refractivity contribution in [1.82, 2.24) is 10.2 Å². The molecule has 0 bridgehead atoms. The van der Waals surface area contributed by atoms with E-state index in [2.05, 4.69) is 11.9 Å². The third-order valence-corrected chi connectivity index (χ3v) is 4.68. The van der Waals surface area contributed by atoms with E-state index >= 15 is 0 Å². The zero-order valence-corrected chi connectivity index (χ0v) is 16.8. The Kier molecular flexibility index (Phi) is 6.14. The molecule has 8 heteroatoms. The number of thiocarbonyl (C=S) groups is 1. The van der Waals surface area contributed by atoms with E-state index in [4.69, 9.17) is 40.2 Å². The summed E-state index contributed by atoms with van der Waals surface area (Å²) >= 11 is 17.1. The second kappa shape index (κ2) is 8.56. The van der Waals surface area contributed by atoms with Gasteiger partial charge in [-0.15, -0.1) is 6.58 Å². The molecule has 1 N–H and O–H groups in total. The number of benzene rings is 2. The highest BCUT2D eigenvalue weighted by molar-refractivity contribution is 7.80. The minimum Gasteiger partial charge on any atom is -0.455 e. The SMILES string of the molecule is C=CCN1C(=O)/C(=C/c2ccccc2Oc2ccc(Cl)cc2Cl)C(=O)NC1=S. The summed E-state index contributed by atoms with van der Waals surface area (Å²) in [4.78, 5) is 26.3. The van der Waals surface area contributed by atoms with Gasteiger partial charge in [-0.05, 0) is 42.6 Å². The van der Waals surface area contributed by atoms with E-state index in [0.29, 0.717) is 27.1 Å². The quantitative estimate of drug-likeness (QED) is 0.324. The Hall–Kier alpha value is -2.67. The highest BCUT2D eigenvalue weighted by Gasteiger charge is 2.32. The smallest absolute Gasteiger partial charge is 0.265 e. The molecule has 1 aliphatic rings. The lowest BCUT2D eigenvalue weighted by molar-refractivity contribution is -0.128. The maximum absolute atomic E-state index is 12.7. The van der Waals surface area contributed by atoms with Crippen molar-refractivity contribution in [1.29, 1.82) is 0 Å². The monoisotopic (exact) mass is 432 g/mol. The minimum absolute atomic E-state index is 0.0459. The summed E-state index contributed by atoms with van der Waals surface area (Å²) < 4.78 is 5.87. The van der Waals surface area contributed by atoms with Crippen LogP contribution in [0.5, 0.6) is 11.5 Å². The Bertz CT molecular complexity index is 1020. The van der Waals surface area contributed by atoms with Gasteiger partial charge in [-0.1, -0.05) is 47.5 Å². The van der Waals surface area contributed by atoms with E-state index in [0.717, 1.165) is 0 Å². The molecule has 0 spiro atoms. The summed E-state index contributed by atoms with van der Waals surface area (Å²) in [6, 6.07) is 11.8. The molecule has 0 radical (unpaired) electrons. The minimum atomic E-state index is -0.574. The molecule has 1 fully saturated rings. The lowest BCUT2D eigenvalue weighted by Crippen LogP contribution is -2.53. The third-order valence-electron chi connectivity index (χ3n) is 3.83. The van der Waals surface area contributed by atoms with Gasteiger partial charge in [-0.2, -0.15) is 0 Å². The number of carbonyl (C=O) groups excluding carboxylic acids is 2. The normalized spacial score (nSPS) is 15.6. The van der Waals surface area contributed by atoms with E-state index < -0.39 is 11.8 Å². The second-order valence-electron chi connectivity index (χ2n) is 5.74. The topological polar surface area (TPSA) is 58.6 Å². The number of ether oxygens (including phenoxy) is 1. The van der Waals surface area contributed by atoms with E-state index in [-0.39, 0.29) is 17.2 Å². The van der Waals surface area contributed by atoms with E-state index in [1.165, 1.54) is 17.1 Å².